The summed E-state index contributed by atoms with van der Waals surface area (Å²) in [7, 11) is 0. The quantitative estimate of drug-likeness (QED) is 0.401. The fourth-order valence-corrected chi connectivity index (χ4v) is 6.61. The SMILES string of the molecule is O=C(CSc1nc2ccc(N3C(=O)[C@H]4CCCC[C@H]4C3=O)cc2s1)NCCc1ccccc1. The summed E-state index contributed by atoms with van der Waals surface area (Å²) in [5.74, 6) is -0.157. The lowest BCUT2D eigenvalue weighted by Crippen LogP contribution is -2.30. The molecular formula is C25H25N3O3S2. The zero-order valence-electron chi connectivity index (χ0n) is 18.2. The molecule has 0 bridgehead atoms. The number of hydrogen-bond donors (Lipinski definition) is 1. The van der Waals surface area contributed by atoms with Gasteiger partial charge in [-0.2, -0.15) is 0 Å². The molecule has 2 heterocycles. The number of aromatic nitrogens is 1. The molecule has 2 aliphatic rings. The monoisotopic (exact) mass is 479 g/mol. The predicted molar refractivity (Wildman–Crippen MR) is 131 cm³/mol. The van der Waals surface area contributed by atoms with E-state index in [9.17, 15) is 14.4 Å². The van der Waals surface area contributed by atoms with Gasteiger partial charge in [0.15, 0.2) is 4.34 Å². The molecule has 3 aromatic rings. The molecule has 2 fully saturated rings. The lowest BCUT2D eigenvalue weighted by atomic mass is 9.81. The number of imide groups is 1. The summed E-state index contributed by atoms with van der Waals surface area (Å²) in [6.45, 7) is 0.604. The number of carbonyl (C=O) groups excluding carboxylic acids is 3. The lowest BCUT2D eigenvalue weighted by molar-refractivity contribution is -0.122. The Hall–Kier alpha value is -2.71. The molecule has 170 valence electrons. The van der Waals surface area contributed by atoms with Crippen LogP contribution in [0.5, 0.6) is 0 Å². The number of nitrogens with one attached hydrogen (secondary N) is 1. The van der Waals surface area contributed by atoms with E-state index in [-0.39, 0.29) is 29.6 Å². The highest BCUT2D eigenvalue weighted by atomic mass is 32.2. The summed E-state index contributed by atoms with van der Waals surface area (Å²) in [6, 6.07) is 15.6. The molecular weight excluding hydrogens is 454 g/mol. The minimum absolute atomic E-state index is 0.0215. The molecule has 1 N–H and O–H groups in total. The molecule has 0 spiro atoms. The van der Waals surface area contributed by atoms with Crippen molar-refractivity contribution in [3.8, 4) is 0 Å². The zero-order valence-corrected chi connectivity index (χ0v) is 19.8. The van der Waals surface area contributed by atoms with Crippen LogP contribution in [-0.2, 0) is 20.8 Å². The molecule has 6 nitrogen and oxygen atoms in total. The average Bonchev–Trinajstić information content (AvgIpc) is 3.36. The van der Waals surface area contributed by atoms with Crippen molar-refractivity contribution in [3.05, 3.63) is 54.1 Å². The topological polar surface area (TPSA) is 79.4 Å². The van der Waals surface area contributed by atoms with Crippen molar-refractivity contribution in [1.29, 1.82) is 0 Å². The smallest absolute Gasteiger partial charge is 0.237 e. The Bertz CT molecular complexity index is 1170. The van der Waals surface area contributed by atoms with Gasteiger partial charge in [-0.25, -0.2) is 4.98 Å². The summed E-state index contributed by atoms with van der Waals surface area (Å²) in [5.41, 5.74) is 2.64. The Morgan fingerprint density at radius 2 is 1.79 bits per heavy atom. The Labute approximate surface area is 200 Å². The number of hydrogen-bond acceptors (Lipinski definition) is 6. The van der Waals surface area contributed by atoms with E-state index >= 15 is 0 Å². The first kappa shape index (κ1) is 22.1. The standard InChI is InChI=1S/C25H25N3O3S2/c29-22(26-13-12-16-6-2-1-3-7-16)15-32-25-27-20-11-10-17(14-21(20)33-25)28-23(30)18-8-4-5-9-19(18)24(28)31/h1-3,6-7,10-11,14,18-19H,4-5,8-9,12-13,15H2,(H,26,29)/t18-,19+. The lowest BCUT2D eigenvalue weighted by Gasteiger charge is -2.19. The first-order valence-corrected chi connectivity index (χ1v) is 13.1. The van der Waals surface area contributed by atoms with E-state index in [1.54, 1.807) is 6.07 Å². The van der Waals surface area contributed by atoms with E-state index in [1.165, 1.54) is 33.6 Å². The molecule has 0 unspecified atom stereocenters. The molecule has 1 aliphatic carbocycles. The predicted octanol–water partition coefficient (Wildman–Crippen LogP) is 4.43. The van der Waals surface area contributed by atoms with Crippen LogP contribution in [0.3, 0.4) is 0 Å². The van der Waals surface area contributed by atoms with E-state index in [1.807, 2.05) is 42.5 Å². The molecule has 2 aromatic carbocycles. The number of anilines is 1. The van der Waals surface area contributed by atoms with Crippen LogP contribution in [-0.4, -0.2) is 35.0 Å². The second kappa shape index (κ2) is 9.65. The van der Waals surface area contributed by atoms with Gasteiger partial charge < -0.3 is 5.32 Å². The largest absolute Gasteiger partial charge is 0.355 e. The number of nitrogens with zero attached hydrogens (tertiary/aromatic N) is 2. The molecule has 8 heteroatoms. The molecule has 3 amide bonds. The van der Waals surface area contributed by atoms with Crippen LogP contribution in [0.25, 0.3) is 10.2 Å². The maximum atomic E-state index is 12.9. The number of carbonyl (C=O) groups is 3. The van der Waals surface area contributed by atoms with E-state index < -0.39 is 0 Å². The highest BCUT2D eigenvalue weighted by molar-refractivity contribution is 8.01. The number of fused-ring (bicyclic) bond motifs is 2. The van der Waals surface area contributed by atoms with Gasteiger partial charge in [-0.15, -0.1) is 11.3 Å². The van der Waals surface area contributed by atoms with Crippen LogP contribution >= 0.6 is 23.1 Å². The van der Waals surface area contributed by atoms with Crippen molar-refractivity contribution in [2.24, 2.45) is 11.8 Å². The number of rotatable bonds is 7. The third-order valence-electron chi connectivity index (χ3n) is 6.36. The molecule has 0 radical (unpaired) electrons. The summed E-state index contributed by atoms with van der Waals surface area (Å²) in [5, 5.41) is 2.95. The summed E-state index contributed by atoms with van der Waals surface area (Å²) in [6.07, 6.45) is 4.45. The van der Waals surface area contributed by atoms with E-state index in [4.69, 9.17) is 0 Å². The third-order valence-corrected chi connectivity index (χ3v) is 8.52. The van der Waals surface area contributed by atoms with Crippen molar-refractivity contribution in [3.63, 3.8) is 0 Å². The van der Waals surface area contributed by atoms with Gasteiger partial charge in [0, 0.05) is 6.54 Å². The van der Waals surface area contributed by atoms with Gasteiger partial charge in [-0.05, 0) is 43.0 Å². The minimum atomic E-state index is -0.157. The van der Waals surface area contributed by atoms with E-state index in [0.29, 0.717) is 18.0 Å². The average molecular weight is 480 g/mol. The molecule has 1 saturated carbocycles. The second-order valence-corrected chi connectivity index (χ2v) is 10.8. The fourth-order valence-electron chi connectivity index (χ4n) is 4.68. The fraction of sp³-hybridized carbons (Fsp3) is 0.360. The van der Waals surface area contributed by atoms with Crippen LogP contribution in [0.1, 0.15) is 31.2 Å². The van der Waals surface area contributed by atoms with Gasteiger partial charge in [0.1, 0.15) is 0 Å². The van der Waals surface area contributed by atoms with Crippen LogP contribution in [0.4, 0.5) is 5.69 Å². The van der Waals surface area contributed by atoms with Gasteiger partial charge in [0.05, 0.1) is 33.5 Å². The van der Waals surface area contributed by atoms with Gasteiger partial charge in [0.2, 0.25) is 17.7 Å². The van der Waals surface area contributed by atoms with Gasteiger partial charge >= 0.3 is 0 Å². The highest BCUT2D eigenvalue weighted by Gasteiger charge is 2.48. The highest BCUT2D eigenvalue weighted by Crippen LogP contribution is 2.41. The summed E-state index contributed by atoms with van der Waals surface area (Å²) < 4.78 is 1.71. The molecule has 5 rings (SSSR count). The number of thioether (sulfide) groups is 1. The first-order chi connectivity index (χ1) is 16.1. The number of amides is 3. The van der Waals surface area contributed by atoms with Crippen molar-refractivity contribution >= 4 is 56.7 Å². The van der Waals surface area contributed by atoms with Gasteiger partial charge in [-0.3, -0.25) is 19.3 Å². The molecule has 33 heavy (non-hydrogen) atoms. The second-order valence-electron chi connectivity index (χ2n) is 8.52. The van der Waals surface area contributed by atoms with Crippen LogP contribution in [0.2, 0.25) is 0 Å². The maximum absolute atomic E-state index is 12.9. The van der Waals surface area contributed by atoms with Crippen molar-refractivity contribution in [2.75, 3.05) is 17.2 Å². The van der Waals surface area contributed by atoms with Gasteiger partial charge in [0.25, 0.3) is 0 Å². The van der Waals surface area contributed by atoms with Crippen LogP contribution in [0, 0.1) is 11.8 Å². The Morgan fingerprint density at radius 3 is 2.52 bits per heavy atom. The molecule has 1 aromatic heterocycles. The zero-order chi connectivity index (χ0) is 22.8. The van der Waals surface area contributed by atoms with Crippen LogP contribution in [0.15, 0.2) is 52.9 Å². The normalized spacial score (nSPS) is 20.3. The third kappa shape index (κ3) is 4.68. The van der Waals surface area contributed by atoms with E-state index in [2.05, 4.69) is 10.3 Å². The molecule has 1 aliphatic heterocycles. The Morgan fingerprint density at radius 1 is 1.06 bits per heavy atom. The summed E-state index contributed by atoms with van der Waals surface area (Å²) in [4.78, 5) is 44.0. The Kier molecular flexibility index (Phi) is 6.46. The van der Waals surface area contributed by atoms with E-state index in [0.717, 1.165) is 46.7 Å². The van der Waals surface area contributed by atoms with Crippen molar-refractivity contribution < 1.29 is 14.4 Å². The number of benzene rings is 2. The van der Waals surface area contributed by atoms with Crippen LogP contribution < -0.4 is 10.2 Å². The molecule has 1 saturated heterocycles. The van der Waals surface area contributed by atoms with Crippen molar-refractivity contribution in [2.45, 2.75) is 36.4 Å². The maximum Gasteiger partial charge on any atom is 0.237 e. The van der Waals surface area contributed by atoms with Gasteiger partial charge in [-0.1, -0.05) is 54.9 Å². The molecule has 2 atom stereocenters. The summed E-state index contributed by atoms with van der Waals surface area (Å²) >= 11 is 2.89. The number of thiazole rings is 1. The van der Waals surface area contributed by atoms with Crippen molar-refractivity contribution in [1.82, 2.24) is 10.3 Å². The first-order valence-electron chi connectivity index (χ1n) is 11.3. The minimum Gasteiger partial charge on any atom is -0.355 e. The Balaban J connectivity index is 1.20.